The molecule has 0 aliphatic rings. The van der Waals surface area contributed by atoms with Gasteiger partial charge in [0.15, 0.2) is 11.2 Å². The summed E-state index contributed by atoms with van der Waals surface area (Å²) in [7, 11) is 0. The molecule has 0 saturated carbocycles. The van der Waals surface area contributed by atoms with E-state index < -0.39 is 0 Å². The molecule has 2 aromatic carbocycles. The monoisotopic (exact) mass is 498 g/mol. The minimum absolute atomic E-state index is 0.0482. The highest BCUT2D eigenvalue weighted by molar-refractivity contribution is 5.81. The second-order valence-electron chi connectivity index (χ2n) is 9.35. The molecule has 0 aliphatic heterocycles. The van der Waals surface area contributed by atoms with E-state index in [4.69, 9.17) is 4.98 Å². The first kappa shape index (κ1) is 24.4. The van der Waals surface area contributed by atoms with Gasteiger partial charge in [-0.25, -0.2) is 9.78 Å². The van der Waals surface area contributed by atoms with Gasteiger partial charge in [-0.05, 0) is 41.3 Å². The maximum absolute atomic E-state index is 13.6. The lowest BCUT2D eigenvalue weighted by Crippen LogP contribution is -2.40. The van der Waals surface area contributed by atoms with E-state index in [1.807, 2.05) is 80.8 Å². The largest absolute Gasteiger partial charge is 0.332 e. The van der Waals surface area contributed by atoms with Crippen molar-refractivity contribution in [1.82, 2.24) is 39.3 Å². The Morgan fingerprint density at radius 1 is 0.946 bits per heavy atom. The number of imidazole rings is 1. The van der Waals surface area contributed by atoms with E-state index in [1.54, 1.807) is 4.57 Å². The minimum atomic E-state index is -0.312. The van der Waals surface area contributed by atoms with Crippen LogP contribution in [0.3, 0.4) is 0 Å². The summed E-state index contributed by atoms with van der Waals surface area (Å²) < 4.78 is 4.88. The van der Waals surface area contributed by atoms with Crippen molar-refractivity contribution in [3.05, 3.63) is 80.8 Å². The molecule has 3 heterocycles. The summed E-state index contributed by atoms with van der Waals surface area (Å²) in [5.74, 6) is 1.30. The van der Waals surface area contributed by atoms with Crippen molar-refractivity contribution < 1.29 is 0 Å². The normalized spacial score (nSPS) is 11.6. The summed E-state index contributed by atoms with van der Waals surface area (Å²) in [6.07, 6.45) is 0.685. The Kier molecular flexibility index (Phi) is 6.56. The fourth-order valence-corrected chi connectivity index (χ4v) is 4.82. The lowest BCUT2D eigenvalue weighted by Gasteiger charge is -2.14. The van der Waals surface area contributed by atoms with Crippen molar-refractivity contribution >= 4 is 11.2 Å². The summed E-state index contributed by atoms with van der Waals surface area (Å²) in [4.78, 5) is 31.5. The molecular formula is C27H30N8O2. The van der Waals surface area contributed by atoms with Crippen molar-refractivity contribution in [3.8, 4) is 22.5 Å². The van der Waals surface area contributed by atoms with E-state index in [-0.39, 0.29) is 17.2 Å². The molecule has 0 fully saturated rings. The van der Waals surface area contributed by atoms with Crippen LogP contribution in [0.2, 0.25) is 0 Å². The highest BCUT2D eigenvalue weighted by Crippen LogP contribution is 2.31. The van der Waals surface area contributed by atoms with Crippen LogP contribution in [-0.4, -0.2) is 39.3 Å². The molecule has 5 rings (SSSR count). The molecule has 10 heteroatoms. The maximum Gasteiger partial charge on any atom is 0.332 e. The number of fused-ring (bicyclic) bond motifs is 1. The van der Waals surface area contributed by atoms with Crippen LogP contribution >= 0.6 is 0 Å². The number of tetrazole rings is 1. The molecule has 5 aromatic rings. The quantitative estimate of drug-likeness (QED) is 0.348. The van der Waals surface area contributed by atoms with E-state index in [2.05, 4.69) is 20.6 Å². The predicted molar refractivity (Wildman–Crippen MR) is 142 cm³/mol. The van der Waals surface area contributed by atoms with Crippen LogP contribution in [-0.2, 0) is 19.6 Å². The first-order valence-electron chi connectivity index (χ1n) is 12.6. The first-order valence-corrected chi connectivity index (χ1v) is 12.6. The lowest BCUT2D eigenvalue weighted by molar-refractivity contribution is 0.570. The molecule has 0 atom stereocenters. The molecule has 1 N–H and O–H groups in total. The fourth-order valence-electron chi connectivity index (χ4n) is 4.82. The number of nitrogens with zero attached hydrogens (tertiary/aromatic N) is 7. The highest BCUT2D eigenvalue weighted by atomic mass is 16.2. The molecule has 0 radical (unpaired) electrons. The maximum atomic E-state index is 13.6. The topological polar surface area (TPSA) is 116 Å². The van der Waals surface area contributed by atoms with Gasteiger partial charge >= 0.3 is 5.69 Å². The molecule has 0 amide bonds. The van der Waals surface area contributed by atoms with Crippen molar-refractivity contribution in [2.24, 2.45) is 0 Å². The zero-order chi connectivity index (χ0) is 26.1. The van der Waals surface area contributed by atoms with Gasteiger partial charge in [0.1, 0.15) is 5.82 Å². The molecule has 0 spiro atoms. The Balaban J connectivity index is 1.72. The number of rotatable bonds is 8. The van der Waals surface area contributed by atoms with Crippen molar-refractivity contribution in [1.29, 1.82) is 0 Å². The smallest absolute Gasteiger partial charge is 0.317 e. The summed E-state index contributed by atoms with van der Waals surface area (Å²) in [5, 5.41) is 14.8. The van der Waals surface area contributed by atoms with Crippen LogP contribution in [0.4, 0.5) is 0 Å². The average molecular weight is 499 g/mol. The third-order valence-electron chi connectivity index (χ3n) is 6.52. The molecule has 10 nitrogen and oxygen atoms in total. The third-order valence-corrected chi connectivity index (χ3v) is 6.52. The van der Waals surface area contributed by atoms with Gasteiger partial charge in [0.2, 0.25) is 5.82 Å². The third kappa shape index (κ3) is 4.28. The number of aryl methyl sites for hydroxylation is 1. The molecule has 37 heavy (non-hydrogen) atoms. The summed E-state index contributed by atoms with van der Waals surface area (Å²) in [6.45, 7) is 9.14. The van der Waals surface area contributed by atoms with Gasteiger partial charge in [0, 0.05) is 31.1 Å². The van der Waals surface area contributed by atoms with Crippen LogP contribution in [0.5, 0.6) is 0 Å². The summed E-state index contributed by atoms with van der Waals surface area (Å²) in [5.41, 5.74) is 4.09. The SMILES string of the molecule is CCCn1c(=O)c2c(nc(C(C)C)n2Cc2ccc(-c3ccccc3)c(-c3nn[nH]n3)c2)n(CC)c1=O. The van der Waals surface area contributed by atoms with E-state index >= 15 is 0 Å². The molecular weight excluding hydrogens is 468 g/mol. The number of H-pyrrole nitrogens is 1. The Morgan fingerprint density at radius 3 is 2.38 bits per heavy atom. The van der Waals surface area contributed by atoms with E-state index in [9.17, 15) is 9.59 Å². The zero-order valence-corrected chi connectivity index (χ0v) is 21.5. The van der Waals surface area contributed by atoms with Gasteiger partial charge in [0.25, 0.3) is 5.56 Å². The molecule has 0 unspecified atom stereocenters. The van der Waals surface area contributed by atoms with Gasteiger partial charge < -0.3 is 4.57 Å². The number of benzene rings is 2. The predicted octanol–water partition coefficient (Wildman–Crippen LogP) is 3.81. The standard InChI is InChI=1S/C27H30N8O2/c1-5-14-34-26(36)22-25(33(6-2)27(34)37)28-24(17(3)4)35(22)16-18-12-13-20(19-10-8-7-9-11-19)21(15-18)23-29-31-32-30-23/h7-13,15,17H,5-6,14,16H2,1-4H3,(H,29,30,31,32). The van der Waals surface area contributed by atoms with Gasteiger partial charge in [-0.1, -0.05) is 63.2 Å². The highest BCUT2D eigenvalue weighted by Gasteiger charge is 2.23. The Bertz CT molecular complexity index is 1660. The number of nitrogens with one attached hydrogen (secondary N) is 1. The van der Waals surface area contributed by atoms with Gasteiger partial charge in [-0.2, -0.15) is 5.21 Å². The summed E-state index contributed by atoms with van der Waals surface area (Å²) >= 11 is 0. The van der Waals surface area contributed by atoms with Crippen molar-refractivity contribution in [2.45, 2.75) is 59.7 Å². The molecule has 190 valence electrons. The Labute approximate surface area is 213 Å². The first-order chi connectivity index (χ1) is 17.9. The van der Waals surface area contributed by atoms with Crippen LogP contribution in [0.25, 0.3) is 33.7 Å². The van der Waals surface area contributed by atoms with Gasteiger partial charge in [-0.15, -0.1) is 10.2 Å². The molecule has 0 aliphatic carbocycles. The van der Waals surface area contributed by atoms with Crippen LogP contribution in [0.1, 0.15) is 51.4 Å². The minimum Gasteiger partial charge on any atom is -0.317 e. The Hall–Kier alpha value is -4.34. The van der Waals surface area contributed by atoms with E-state index in [0.717, 1.165) is 28.1 Å². The van der Waals surface area contributed by atoms with Crippen molar-refractivity contribution in [2.75, 3.05) is 0 Å². The number of hydrogen-bond acceptors (Lipinski definition) is 6. The Morgan fingerprint density at radius 2 is 1.73 bits per heavy atom. The second-order valence-corrected chi connectivity index (χ2v) is 9.35. The fraction of sp³-hybridized carbons (Fsp3) is 0.333. The molecule has 0 bridgehead atoms. The van der Waals surface area contributed by atoms with Gasteiger partial charge in [0.05, 0.1) is 0 Å². The average Bonchev–Trinajstić information content (AvgIpc) is 3.56. The lowest BCUT2D eigenvalue weighted by atomic mass is 9.97. The summed E-state index contributed by atoms with van der Waals surface area (Å²) in [6, 6.07) is 16.2. The van der Waals surface area contributed by atoms with Crippen LogP contribution in [0, 0.1) is 0 Å². The number of aromatic amines is 1. The van der Waals surface area contributed by atoms with Crippen LogP contribution in [0.15, 0.2) is 58.1 Å². The van der Waals surface area contributed by atoms with Gasteiger partial charge in [-0.3, -0.25) is 13.9 Å². The second kappa shape index (κ2) is 9.96. The van der Waals surface area contributed by atoms with Crippen molar-refractivity contribution in [3.63, 3.8) is 0 Å². The zero-order valence-electron chi connectivity index (χ0n) is 21.5. The van der Waals surface area contributed by atoms with E-state index in [0.29, 0.717) is 43.0 Å². The number of hydrogen-bond donors (Lipinski definition) is 1. The molecule has 0 saturated heterocycles. The number of aromatic nitrogens is 8. The molecule has 3 aromatic heterocycles. The van der Waals surface area contributed by atoms with Crippen LogP contribution < -0.4 is 11.2 Å². The van der Waals surface area contributed by atoms with E-state index in [1.165, 1.54) is 4.57 Å².